The maximum absolute atomic E-state index is 12.3. The van der Waals surface area contributed by atoms with Crippen LogP contribution < -0.4 is 11.2 Å². The predicted octanol–water partition coefficient (Wildman–Crippen LogP) is 3.38. The van der Waals surface area contributed by atoms with Gasteiger partial charge in [-0.2, -0.15) is 0 Å². The lowest BCUT2D eigenvalue weighted by Crippen LogP contribution is -2.40. The fourth-order valence-corrected chi connectivity index (χ4v) is 4.08. The van der Waals surface area contributed by atoms with E-state index in [1.807, 2.05) is 13.8 Å². The van der Waals surface area contributed by atoms with Gasteiger partial charge in [0, 0.05) is 24.8 Å². The van der Waals surface area contributed by atoms with Gasteiger partial charge in [0.1, 0.15) is 0 Å². The van der Waals surface area contributed by atoms with Gasteiger partial charge in [0.25, 0.3) is 5.56 Å². The second kappa shape index (κ2) is 9.90. The highest BCUT2D eigenvalue weighted by molar-refractivity contribution is 5.73. The molecule has 1 aromatic heterocycles. The number of unbranched alkanes of at least 4 members (excludes halogenated alkanes) is 3. The third-order valence-corrected chi connectivity index (χ3v) is 5.56. The second-order valence-corrected chi connectivity index (χ2v) is 8.34. The average Bonchev–Trinajstić information content (AvgIpc) is 2.93. The van der Waals surface area contributed by atoms with Gasteiger partial charge in [-0.3, -0.25) is 14.2 Å². The molecule has 3 atom stereocenters. The van der Waals surface area contributed by atoms with Crippen molar-refractivity contribution >= 4 is 5.97 Å². The summed E-state index contributed by atoms with van der Waals surface area (Å²) in [6.07, 6.45) is 7.28. The van der Waals surface area contributed by atoms with Crippen LogP contribution in [-0.4, -0.2) is 21.7 Å². The van der Waals surface area contributed by atoms with Crippen molar-refractivity contribution in [2.75, 3.05) is 6.61 Å². The third-order valence-electron chi connectivity index (χ3n) is 5.56. The summed E-state index contributed by atoms with van der Waals surface area (Å²) in [4.78, 5) is 36.2. The molecule has 1 fully saturated rings. The van der Waals surface area contributed by atoms with E-state index in [1.165, 1.54) is 10.6 Å². The topological polar surface area (TPSA) is 70.3 Å². The lowest BCUT2D eigenvalue weighted by Gasteiger charge is -2.14. The van der Waals surface area contributed by atoms with E-state index in [0.29, 0.717) is 25.0 Å². The van der Waals surface area contributed by atoms with Crippen LogP contribution in [0.4, 0.5) is 0 Å². The molecule has 0 saturated heterocycles. The molecule has 0 bridgehead atoms. The molecule has 27 heavy (non-hydrogen) atoms. The fourth-order valence-electron chi connectivity index (χ4n) is 4.08. The van der Waals surface area contributed by atoms with Crippen molar-refractivity contribution in [2.24, 2.45) is 17.8 Å². The SMILES string of the molecule is CC1CC(C)C(C(=O)OCCCCCCn2ccc(=O)n(C(C)C)c2=O)C1. The molecular formula is C21H34N2O4. The molecule has 0 N–H and O–H groups in total. The van der Waals surface area contributed by atoms with Gasteiger partial charge in [-0.15, -0.1) is 0 Å². The monoisotopic (exact) mass is 378 g/mol. The molecule has 1 saturated carbocycles. The number of carbonyl (C=O) groups excluding carboxylic acids is 1. The normalized spacial score (nSPS) is 22.3. The van der Waals surface area contributed by atoms with Crippen molar-refractivity contribution in [3.8, 4) is 0 Å². The van der Waals surface area contributed by atoms with Crippen molar-refractivity contribution < 1.29 is 9.53 Å². The number of hydrogen-bond acceptors (Lipinski definition) is 4. The van der Waals surface area contributed by atoms with Gasteiger partial charge in [0.05, 0.1) is 12.5 Å². The molecule has 1 aromatic rings. The third kappa shape index (κ3) is 5.81. The van der Waals surface area contributed by atoms with Crippen molar-refractivity contribution in [3.63, 3.8) is 0 Å². The van der Waals surface area contributed by atoms with Crippen LogP contribution in [0.3, 0.4) is 0 Å². The van der Waals surface area contributed by atoms with E-state index in [1.54, 1.807) is 10.8 Å². The van der Waals surface area contributed by atoms with E-state index >= 15 is 0 Å². The first-order chi connectivity index (χ1) is 12.8. The molecule has 1 aliphatic rings. The summed E-state index contributed by atoms with van der Waals surface area (Å²) in [7, 11) is 0. The number of aromatic nitrogens is 2. The fraction of sp³-hybridized carbons (Fsp3) is 0.762. The predicted molar refractivity (Wildman–Crippen MR) is 106 cm³/mol. The highest BCUT2D eigenvalue weighted by Crippen LogP contribution is 2.36. The quantitative estimate of drug-likeness (QED) is 0.488. The van der Waals surface area contributed by atoms with Crippen LogP contribution in [0, 0.1) is 17.8 Å². The van der Waals surface area contributed by atoms with Crippen molar-refractivity contribution in [3.05, 3.63) is 33.1 Å². The first-order valence-corrected chi connectivity index (χ1v) is 10.3. The smallest absolute Gasteiger partial charge is 0.331 e. The Labute approximate surface area is 161 Å². The Morgan fingerprint density at radius 3 is 2.48 bits per heavy atom. The first kappa shape index (κ1) is 21.5. The largest absolute Gasteiger partial charge is 0.465 e. The van der Waals surface area contributed by atoms with E-state index in [9.17, 15) is 14.4 Å². The van der Waals surface area contributed by atoms with Crippen LogP contribution in [-0.2, 0) is 16.1 Å². The summed E-state index contributed by atoms with van der Waals surface area (Å²) in [5.74, 6) is 1.09. The van der Waals surface area contributed by atoms with E-state index in [-0.39, 0.29) is 29.2 Å². The Hall–Kier alpha value is -1.85. The molecule has 6 heteroatoms. The Bertz CT molecular complexity index is 734. The van der Waals surface area contributed by atoms with Gasteiger partial charge in [-0.05, 0) is 57.8 Å². The Morgan fingerprint density at radius 1 is 1.15 bits per heavy atom. The van der Waals surface area contributed by atoms with Gasteiger partial charge in [0.2, 0.25) is 0 Å². The van der Waals surface area contributed by atoms with Crippen molar-refractivity contribution in [2.45, 2.75) is 78.8 Å². The minimum absolute atomic E-state index is 0.0330. The molecular weight excluding hydrogens is 344 g/mol. The van der Waals surface area contributed by atoms with Gasteiger partial charge >= 0.3 is 11.7 Å². The number of ether oxygens (including phenoxy) is 1. The number of hydrogen-bond donors (Lipinski definition) is 0. The van der Waals surface area contributed by atoms with Crippen molar-refractivity contribution in [1.82, 2.24) is 9.13 Å². The van der Waals surface area contributed by atoms with Crippen LogP contribution in [0.2, 0.25) is 0 Å². The number of rotatable bonds is 9. The highest BCUT2D eigenvalue weighted by Gasteiger charge is 2.34. The molecule has 0 radical (unpaired) electrons. The van der Waals surface area contributed by atoms with Gasteiger partial charge in [0.15, 0.2) is 0 Å². The molecule has 0 amide bonds. The maximum atomic E-state index is 12.3. The zero-order chi connectivity index (χ0) is 20.0. The minimum Gasteiger partial charge on any atom is -0.465 e. The summed E-state index contributed by atoms with van der Waals surface area (Å²) >= 11 is 0. The van der Waals surface area contributed by atoms with Crippen LogP contribution in [0.25, 0.3) is 0 Å². The number of esters is 1. The minimum atomic E-state index is -0.251. The van der Waals surface area contributed by atoms with Crippen LogP contribution in [0.5, 0.6) is 0 Å². The number of nitrogens with zero attached hydrogens (tertiary/aromatic N) is 2. The molecule has 0 spiro atoms. The summed E-state index contributed by atoms with van der Waals surface area (Å²) in [6.45, 7) is 9.09. The van der Waals surface area contributed by atoms with Crippen LogP contribution >= 0.6 is 0 Å². The van der Waals surface area contributed by atoms with Gasteiger partial charge < -0.3 is 9.30 Å². The average molecular weight is 379 g/mol. The van der Waals surface area contributed by atoms with E-state index < -0.39 is 0 Å². The van der Waals surface area contributed by atoms with Gasteiger partial charge in [-0.25, -0.2) is 4.79 Å². The molecule has 6 nitrogen and oxygen atoms in total. The summed E-state index contributed by atoms with van der Waals surface area (Å²) < 4.78 is 8.34. The van der Waals surface area contributed by atoms with Gasteiger partial charge in [-0.1, -0.05) is 20.3 Å². The molecule has 152 valence electrons. The van der Waals surface area contributed by atoms with Crippen molar-refractivity contribution in [1.29, 1.82) is 0 Å². The summed E-state index contributed by atoms with van der Waals surface area (Å²) in [6, 6.07) is 1.31. The second-order valence-electron chi connectivity index (χ2n) is 8.34. The Balaban J connectivity index is 1.65. The lowest BCUT2D eigenvalue weighted by atomic mass is 9.99. The molecule has 2 rings (SSSR count). The summed E-state index contributed by atoms with van der Waals surface area (Å²) in [5, 5.41) is 0. The van der Waals surface area contributed by atoms with Crippen LogP contribution in [0.15, 0.2) is 21.9 Å². The Morgan fingerprint density at radius 2 is 1.85 bits per heavy atom. The molecule has 0 aromatic carbocycles. The summed E-state index contributed by atoms with van der Waals surface area (Å²) in [5.41, 5.74) is -0.495. The first-order valence-electron chi connectivity index (χ1n) is 10.3. The lowest BCUT2D eigenvalue weighted by molar-refractivity contribution is -0.149. The number of aryl methyl sites for hydroxylation is 1. The Kier molecular flexibility index (Phi) is 7.87. The highest BCUT2D eigenvalue weighted by atomic mass is 16.5. The van der Waals surface area contributed by atoms with Crippen LogP contribution in [0.1, 0.15) is 72.3 Å². The maximum Gasteiger partial charge on any atom is 0.331 e. The zero-order valence-electron chi connectivity index (χ0n) is 17.1. The van der Waals surface area contributed by atoms with E-state index in [4.69, 9.17) is 4.74 Å². The van der Waals surface area contributed by atoms with E-state index in [0.717, 1.165) is 38.5 Å². The standard InChI is InChI=1S/C21H34N2O4/c1-15(2)23-19(24)9-11-22(21(23)26)10-7-5-6-8-12-27-20(25)18-14-16(3)13-17(18)4/h9,11,15-18H,5-8,10,12-14H2,1-4H3. The molecule has 1 aliphatic carbocycles. The molecule has 0 aliphatic heterocycles. The molecule has 3 unspecified atom stereocenters. The molecule has 1 heterocycles. The zero-order valence-corrected chi connectivity index (χ0v) is 17.1. The number of carbonyl (C=O) groups is 1. The van der Waals surface area contributed by atoms with E-state index in [2.05, 4.69) is 13.8 Å².